The summed E-state index contributed by atoms with van der Waals surface area (Å²) >= 11 is 0. The molecule has 1 fully saturated rings. The van der Waals surface area contributed by atoms with Gasteiger partial charge in [0, 0.05) is 4.92 Å². The van der Waals surface area contributed by atoms with Gasteiger partial charge in [0.05, 0.1) is 34.2 Å². The van der Waals surface area contributed by atoms with Gasteiger partial charge in [0.25, 0.3) is 15.6 Å². The Morgan fingerprint density at radius 1 is 1.19 bits per heavy atom. The molecule has 1 aliphatic carbocycles. The van der Waals surface area contributed by atoms with E-state index in [1.807, 2.05) is 12.1 Å². The maximum Gasteiger partial charge on any atom is 0.279 e. The molecule has 0 saturated heterocycles. The largest absolute Gasteiger partial charge is 0.279 e. The molecular weight excluding hydrogens is 416 g/mol. The van der Waals surface area contributed by atoms with E-state index in [0.717, 1.165) is 9.87 Å². The van der Waals surface area contributed by atoms with Crippen LogP contribution in [0.4, 0.5) is 5.69 Å². The van der Waals surface area contributed by atoms with Crippen LogP contribution >= 0.6 is 0 Å². The average Bonchev–Trinajstić information content (AvgIpc) is 3.24. The minimum Gasteiger partial charge on any atom is -0.263 e. The van der Waals surface area contributed by atoms with Crippen molar-refractivity contribution < 1.29 is 13.3 Å². The maximum absolute atomic E-state index is 13.8. The van der Waals surface area contributed by atoms with Crippen molar-refractivity contribution in [1.82, 2.24) is 0 Å². The summed E-state index contributed by atoms with van der Waals surface area (Å²) in [4.78, 5) is 12.0. The fourth-order valence-electron chi connectivity index (χ4n) is 4.99. The zero-order valence-electron chi connectivity index (χ0n) is 16.6. The van der Waals surface area contributed by atoms with Gasteiger partial charge in [-0.15, -0.1) is 6.58 Å². The summed E-state index contributed by atoms with van der Waals surface area (Å²) < 4.78 is 28.5. The van der Waals surface area contributed by atoms with Crippen molar-refractivity contribution in [3.8, 4) is 12.1 Å². The van der Waals surface area contributed by atoms with Crippen molar-refractivity contribution in [2.75, 3.05) is 4.31 Å². The van der Waals surface area contributed by atoms with Gasteiger partial charge in [-0.1, -0.05) is 35.9 Å². The molecule has 3 atom stereocenters. The number of hydrogen-bond donors (Lipinski definition) is 0. The predicted molar refractivity (Wildman–Crippen MR) is 112 cm³/mol. The molecule has 0 bridgehead atoms. The van der Waals surface area contributed by atoms with Crippen molar-refractivity contribution in [2.45, 2.75) is 29.8 Å². The van der Waals surface area contributed by atoms with E-state index in [9.17, 15) is 29.1 Å². The van der Waals surface area contributed by atoms with Crippen molar-refractivity contribution in [1.29, 1.82) is 10.5 Å². The van der Waals surface area contributed by atoms with Crippen LogP contribution in [-0.4, -0.2) is 19.4 Å². The van der Waals surface area contributed by atoms with Crippen LogP contribution in [-0.2, 0) is 15.6 Å². The summed E-state index contributed by atoms with van der Waals surface area (Å²) in [6, 6.07) is 14.5. The van der Waals surface area contributed by atoms with Crippen molar-refractivity contribution >= 4 is 15.7 Å². The molecule has 0 aromatic heterocycles. The van der Waals surface area contributed by atoms with Crippen LogP contribution in [0.15, 0.2) is 66.1 Å². The summed E-state index contributed by atoms with van der Waals surface area (Å²) in [7, 11) is -4.33. The number of nitro groups is 1. The first kappa shape index (κ1) is 20.6. The number of aryl methyl sites for hydroxylation is 1. The lowest BCUT2D eigenvalue weighted by atomic mass is 9.78. The monoisotopic (exact) mass is 434 g/mol. The third kappa shape index (κ3) is 2.41. The molecule has 31 heavy (non-hydrogen) atoms. The number of sulfonamides is 1. The average molecular weight is 434 g/mol. The van der Waals surface area contributed by atoms with Crippen LogP contribution < -0.4 is 4.31 Å². The third-order valence-electron chi connectivity index (χ3n) is 6.36. The van der Waals surface area contributed by atoms with Gasteiger partial charge < -0.3 is 0 Å². The highest BCUT2D eigenvalue weighted by molar-refractivity contribution is 7.93. The zero-order chi connectivity index (χ0) is 22.6. The normalized spacial score (nSPS) is 25.7. The molecule has 4 rings (SSSR count). The first-order valence-electron chi connectivity index (χ1n) is 9.51. The van der Waals surface area contributed by atoms with Gasteiger partial charge in [-0.05, 0) is 37.6 Å². The molecular formula is C22H18N4O4S. The van der Waals surface area contributed by atoms with E-state index in [0.29, 0.717) is 0 Å². The molecule has 0 radical (unpaired) electrons. The number of rotatable bonds is 4. The molecule has 156 valence electrons. The molecule has 1 aliphatic heterocycles. The molecule has 0 unspecified atom stereocenters. The summed E-state index contributed by atoms with van der Waals surface area (Å²) in [5, 5.41) is 32.6. The Hall–Kier alpha value is -3.69. The van der Waals surface area contributed by atoms with Gasteiger partial charge in [-0.3, -0.25) is 14.4 Å². The number of anilines is 1. The van der Waals surface area contributed by atoms with Crippen LogP contribution in [0.3, 0.4) is 0 Å². The second kappa shape index (κ2) is 6.66. The molecule has 0 N–H and O–H groups in total. The molecule has 1 heterocycles. The minimum atomic E-state index is -4.33. The van der Waals surface area contributed by atoms with Crippen LogP contribution in [0, 0.1) is 51.0 Å². The Morgan fingerprint density at radius 2 is 1.81 bits per heavy atom. The van der Waals surface area contributed by atoms with E-state index in [1.165, 1.54) is 30.3 Å². The van der Waals surface area contributed by atoms with Gasteiger partial charge >= 0.3 is 0 Å². The Labute approximate surface area is 179 Å². The summed E-state index contributed by atoms with van der Waals surface area (Å²) in [5.41, 5.74) is -2.81. The highest BCUT2D eigenvalue weighted by atomic mass is 32.2. The second-order valence-corrected chi connectivity index (χ2v) is 9.67. The minimum absolute atomic E-state index is 0.0705. The van der Waals surface area contributed by atoms with E-state index in [4.69, 9.17) is 0 Å². The highest BCUT2D eigenvalue weighted by Crippen LogP contribution is 2.64. The van der Waals surface area contributed by atoms with E-state index in [1.54, 1.807) is 31.2 Å². The Balaban J connectivity index is 2.11. The van der Waals surface area contributed by atoms with Gasteiger partial charge in [-0.25, -0.2) is 8.42 Å². The van der Waals surface area contributed by atoms with Crippen molar-refractivity contribution in [3.63, 3.8) is 0 Å². The standard InChI is InChI=1S/C22H18N4O4S/c1-3-16-12-21(13-23,14-24)20-22(16,26(27)28)18-6-4-5-7-19(18)25(20)31(29,30)17-10-8-15(2)9-11-17/h3-11,16,20H,1,12H2,2H3/t16-,20-,22+/m0/s1. The molecule has 9 heteroatoms. The van der Waals surface area contributed by atoms with Crippen molar-refractivity contribution in [3.05, 3.63) is 82.4 Å². The zero-order valence-corrected chi connectivity index (χ0v) is 17.4. The number of benzene rings is 2. The number of hydrogen-bond acceptors (Lipinski definition) is 6. The quantitative estimate of drug-likeness (QED) is 0.413. The summed E-state index contributed by atoms with van der Waals surface area (Å²) in [6.45, 7) is 5.51. The maximum atomic E-state index is 13.8. The fourth-order valence-corrected chi connectivity index (χ4v) is 6.73. The Kier molecular flexibility index (Phi) is 4.42. The fraction of sp³-hybridized carbons (Fsp3) is 0.273. The molecule has 1 saturated carbocycles. The Morgan fingerprint density at radius 3 is 2.35 bits per heavy atom. The number of para-hydroxylation sites is 1. The summed E-state index contributed by atoms with van der Waals surface area (Å²) in [6.07, 6.45) is 1.16. The van der Waals surface area contributed by atoms with Gasteiger partial charge in [0.15, 0.2) is 11.5 Å². The summed E-state index contributed by atoms with van der Waals surface area (Å²) in [5.74, 6) is -0.911. The van der Waals surface area contributed by atoms with Crippen molar-refractivity contribution in [2.24, 2.45) is 11.3 Å². The van der Waals surface area contributed by atoms with E-state index >= 15 is 0 Å². The first-order chi connectivity index (χ1) is 14.7. The molecule has 8 nitrogen and oxygen atoms in total. The van der Waals surface area contributed by atoms with Crippen LogP contribution in [0.1, 0.15) is 17.5 Å². The van der Waals surface area contributed by atoms with Gasteiger partial charge in [0.1, 0.15) is 0 Å². The molecule has 2 aliphatic rings. The molecule has 0 spiro atoms. The predicted octanol–water partition coefficient (Wildman–Crippen LogP) is 3.28. The number of nitrogens with zero attached hydrogens (tertiary/aromatic N) is 4. The SMILES string of the molecule is C=C[C@H]1CC(C#N)(C#N)[C@@H]2N(S(=O)(=O)c3ccc(C)cc3)c3ccccc3[C@]12[N+](=O)[O-]. The van der Waals surface area contributed by atoms with Crippen LogP contribution in [0.5, 0.6) is 0 Å². The first-order valence-corrected chi connectivity index (χ1v) is 10.9. The number of nitriles is 2. The van der Waals surface area contributed by atoms with Gasteiger partial charge in [-0.2, -0.15) is 10.5 Å². The number of fused-ring (bicyclic) bond motifs is 3. The lowest BCUT2D eigenvalue weighted by molar-refractivity contribution is -0.585. The second-order valence-electron chi connectivity index (χ2n) is 7.86. The lowest BCUT2D eigenvalue weighted by Crippen LogP contribution is -2.55. The Bertz CT molecular complexity index is 1280. The smallest absolute Gasteiger partial charge is 0.263 e. The van der Waals surface area contributed by atoms with Crippen LogP contribution in [0.25, 0.3) is 0 Å². The van der Waals surface area contributed by atoms with E-state index in [-0.39, 0.29) is 22.6 Å². The lowest BCUT2D eigenvalue weighted by Gasteiger charge is -2.32. The van der Waals surface area contributed by atoms with Gasteiger partial charge in [0.2, 0.25) is 0 Å². The van der Waals surface area contributed by atoms with Crippen LogP contribution in [0.2, 0.25) is 0 Å². The molecule has 2 aromatic rings. The topological polar surface area (TPSA) is 128 Å². The van der Waals surface area contributed by atoms with E-state index < -0.39 is 37.9 Å². The van der Waals surface area contributed by atoms with E-state index in [2.05, 4.69) is 6.58 Å². The third-order valence-corrected chi connectivity index (χ3v) is 8.16. The molecule has 0 amide bonds. The molecule has 2 aromatic carbocycles. The highest BCUT2D eigenvalue weighted by Gasteiger charge is 2.78.